The van der Waals surface area contributed by atoms with Gasteiger partial charge in [-0.15, -0.1) is 0 Å². The zero-order chi connectivity index (χ0) is 14.9. The van der Waals surface area contributed by atoms with Crippen LogP contribution in [0, 0.1) is 12.7 Å². The van der Waals surface area contributed by atoms with Gasteiger partial charge in [0.15, 0.2) is 0 Å². The number of benzene rings is 1. The third-order valence-corrected chi connectivity index (χ3v) is 3.03. The van der Waals surface area contributed by atoms with E-state index in [4.69, 9.17) is 11.6 Å². The molecule has 0 atom stereocenters. The number of hydrogen-bond donors (Lipinski definition) is 1. The smallest absolute Gasteiger partial charge is 0.146 e. The van der Waals surface area contributed by atoms with Gasteiger partial charge in [0.1, 0.15) is 22.6 Å². The Hall–Kier alpha value is -1.68. The molecule has 2 rings (SSSR count). The third-order valence-electron chi connectivity index (χ3n) is 2.84. The van der Waals surface area contributed by atoms with Crippen molar-refractivity contribution in [1.29, 1.82) is 0 Å². The summed E-state index contributed by atoms with van der Waals surface area (Å²) < 4.78 is 13.8. The lowest BCUT2D eigenvalue weighted by atomic mass is 9.96. The topological polar surface area (TPSA) is 37.8 Å². The summed E-state index contributed by atoms with van der Waals surface area (Å²) >= 11 is 6.02. The lowest BCUT2D eigenvalue weighted by Crippen LogP contribution is -2.17. The molecule has 2 aromatic rings. The number of nitrogens with one attached hydrogen (secondary N) is 1. The number of halogens is 2. The SMILES string of the molecule is Cc1cccc(F)c1Nc1cc(Cl)nc(C(C)(C)C)n1. The van der Waals surface area contributed by atoms with Crippen molar-refractivity contribution in [2.45, 2.75) is 33.1 Å². The molecule has 106 valence electrons. The van der Waals surface area contributed by atoms with Crippen molar-refractivity contribution in [2.75, 3.05) is 5.32 Å². The molecule has 0 aliphatic heterocycles. The second-order valence-corrected chi connectivity index (χ2v) is 6.09. The third kappa shape index (κ3) is 3.25. The van der Waals surface area contributed by atoms with Crippen LogP contribution in [0.25, 0.3) is 0 Å². The van der Waals surface area contributed by atoms with Crippen LogP contribution >= 0.6 is 11.6 Å². The zero-order valence-electron chi connectivity index (χ0n) is 12.0. The molecule has 0 radical (unpaired) electrons. The van der Waals surface area contributed by atoms with Gasteiger partial charge in [-0.3, -0.25) is 0 Å². The first-order chi connectivity index (χ1) is 9.27. The lowest BCUT2D eigenvalue weighted by molar-refractivity contribution is 0.546. The maximum atomic E-state index is 13.8. The van der Waals surface area contributed by atoms with E-state index >= 15 is 0 Å². The van der Waals surface area contributed by atoms with Crippen LogP contribution in [0.1, 0.15) is 32.2 Å². The Morgan fingerprint density at radius 3 is 2.50 bits per heavy atom. The largest absolute Gasteiger partial charge is 0.337 e. The van der Waals surface area contributed by atoms with E-state index in [1.54, 1.807) is 12.1 Å². The highest BCUT2D eigenvalue weighted by Crippen LogP contribution is 2.26. The summed E-state index contributed by atoms with van der Waals surface area (Å²) in [7, 11) is 0. The molecule has 5 heteroatoms. The highest BCUT2D eigenvalue weighted by Gasteiger charge is 2.19. The Bertz CT molecular complexity index is 615. The van der Waals surface area contributed by atoms with Gasteiger partial charge in [-0.25, -0.2) is 14.4 Å². The average Bonchev–Trinajstić information content (AvgIpc) is 2.32. The minimum Gasteiger partial charge on any atom is -0.337 e. The molecule has 1 aromatic carbocycles. The molecular weight excluding hydrogens is 277 g/mol. The van der Waals surface area contributed by atoms with Gasteiger partial charge in [0.25, 0.3) is 0 Å². The molecule has 0 bridgehead atoms. The number of aromatic nitrogens is 2. The molecule has 0 saturated heterocycles. The molecule has 0 saturated carbocycles. The number of hydrogen-bond acceptors (Lipinski definition) is 3. The second kappa shape index (κ2) is 5.37. The predicted molar refractivity (Wildman–Crippen MR) is 80.2 cm³/mol. The minimum atomic E-state index is -0.322. The van der Waals surface area contributed by atoms with Crippen molar-refractivity contribution >= 4 is 23.1 Å². The quantitative estimate of drug-likeness (QED) is 0.821. The van der Waals surface area contributed by atoms with Gasteiger partial charge < -0.3 is 5.32 Å². The van der Waals surface area contributed by atoms with E-state index in [0.717, 1.165) is 5.56 Å². The van der Waals surface area contributed by atoms with Gasteiger partial charge in [-0.05, 0) is 18.6 Å². The molecule has 0 fully saturated rings. The van der Waals surface area contributed by atoms with E-state index in [2.05, 4.69) is 15.3 Å². The summed E-state index contributed by atoms with van der Waals surface area (Å²) in [6, 6.07) is 6.49. The Morgan fingerprint density at radius 1 is 1.20 bits per heavy atom. The maximum Gasteiger partial charge on any atom is 0.146 e. The van der Waals surface area contributed by atoms with E-state index in [1.807, 2.05) is 33.8 Å². The number of anilines is 2. The second-order valence-electron chi connectivity index (χ2n) is 5.71. The van der Waals surface area contributed by atoms with Crippen molar-refractivity contribution in [3.63, 3.8) is 0 Å². The summed E-state index contributed by atoms with van der Waals surface area (Å²) in [5.74, 6) is 0.779. The Labute approximate surface area is 123 Å². The van der Waals surface area contributed by atoms with E-state index in [0.29, 0.717) is 22.5 Å². The molecule has 20 heavy (non-hydrogen) atoms. The normalized spacial score (nSPS) is 11.5. The van der Waals surface area contributed by atoms with Crippen LogP contribution in [0.4, 0.5) is 15.9 Å². The zero-order valence-corrected chi connectivity index (χ0v) is 12.7. The maximum absolute atomic E-state index is 13.8. The number of aryl methyl sites for hydroxylation is 1. The average molecular weight is 294 g/mol. The molecule has 0 aliphatic carbocycles. The van der Waals surface area contributed by atoms with Crippen LogP contribution in [0.15, 0.2) is 24.3 Å². The van der Waals surface area contributed by atoms with Crippen molar-refractivity contribution in [3.8, 4) is 0 Å². The molecule has 0 unspecified atom stereocenters. The van der Waals surface area contributed by atoms with Gasteiger partial charge >= 0.3 is 0 Å². The van der Waals surface area contributed by atoms with Crippen LogP contribution in [0.2, 0.25) is 5.15 Å². The van der Waals surface area contributed by atoms with Gasteiger partial charge in [-0.1, -0.05) is 44.5 Å². The summed E-state index contributed by atoms with van der Waals surface area (Å²) in [6.07, 6.45) is 0. The van der Waals surface area contributed by atoms with Crippen LogP contribution < -0.4 is 5.32 Å². The minimum absolute atomic E-state index is 0.231. The standard InChI is InChI=1S/C15H17ClFN3/c1-9-6-5-7-10(17)13(9)19-12-8-11(16)18-14(20-12)15(2,3)4/h5-8H,1-4H3,(H,18,19,20). The summed E-state index contributed by atoms with van der Waals surface area (Å²) in [6.45, 7) is 7.82. The number of para-hydroxylation sites is 1. The van der Waals surface area contributed by atoms with Gasteiger partial charge in [0, 0.05) is 11.5 Å². The van der Waals surface area contributed by atoms with E-state index < -0.39 is 0 Å². The van der Waals surface area contributed by atoms with Crippen LogP contribution in [-0.4, -0.2) is 9.97 Å². The first-order valence-electron chi connectivity index (χ1n) is 6.34. The fourth-order valence-electron chi connectivity index (χ4n) is 1.74. The van der Waals surface area contributed by atoms with Crippen LogP contribution in [-0.2, 0) is 5.41 Å². The first-order valence-corrected chi connectivity index (χ1v) is 6.72. The molecule has 3 nitrogen and oxygen atoms in total. The summed E-state index contributed by atoms with van der Waals surface area (Å²) in [4.78, 5) is 8.62. The summed E-state index contributed by atoms with van der Waals surface area (Å²) in [5.41, 5.74) is 0.977. The van der Waals surface area contributed by atoms with Crippen molar-refractivity contribution < 1.29 is 4.39 Å². The van der Waals surface area contributed by atoms with Crippen molar-refractivity contribution in [3.05, 3.63) is 46.6 Å². The Kier molecular flexibility index (Phi) is 3.95. The Balaban J connectivity index is 2.42. The predicted octanol–water partition coefficient (Wildman–Crippen LogP) is 4.62. The molecule has 0 amide bonds. The van der Waals surface area contributed by atoms with Crippen molar-refractivity contribution in [1.82, 2.24) is 9.97 Å². The van der Waals surface area contributed by atoms with E-state index in [-0.39, 0.29) is 11.2 Å². The fraction of sp³-hybridized carbons (Fsp3) is 0.333. The highest BCUT2D eigenvalue weighted by molar-refractivity contribution is 6.29. The highest BCUT2D eigenvalue weighted by atomic mass is 35.5. The Morgan fingerprint density at radius 2 is 1.90 bits per heavy atom. The van der Waals surface area contributed by atoms with Gasteiger partial charge in [0.05, 0.1) is 5.69 Å². The molecule has 1 N–H and O–H groups in total. The van der Waals surface area contributed by atoms with Crippen molar-refractivity contribution in [2.24, 2.45) is 0 Å². The molecular formula is C15H17ClFN3. The molecule has 0 aliphatic rings. The van der Waals surface area contributed by atoms with Gasteiger partial charge in [0.2, 0.25) is 0 Å². The molecule has 1 heterocycles. The fourth-order valence-corrected chi connectivity index (χ4v) is 1.92. The molecule has 0 spiro atoms. The van der Waals surface area contributed by atoms with Gasteiger partial charge in [-0.2, -0.15) is 0 Å². The lowest BCUT2D eigenvalue weighted by Gasteiger charge is -2.18. The number of nitrogens with zero attached hydrogens (tertiary/aromatic N) is 2. The number of rotatable bonds is 2. The van der Waals surface area contributed by atoms with Crippen LogP contribution in [0.5, 0.6) is 0 Å². The monoisotopic (exact) mass is 293 g/mol. The summed E-state index contributed by atoms with van der Waals surface area (Å²) in [5, 5.41) is 3.32. The first kappa shape index (κ1) is 14.7. The molecule has 1 aromatic heterocycles. The van der Waals surface area contributed by atoms with E-state index in [1.165, 1.54) is 6.07 Å². The van der Waals surface area contributed by atoms with Crippen LogP contribution in [0.3, 0.4) is 0 Å². The van der Waals surface area contributed by atoms with E-state index in [9.17, 15) is 4.39 Å².